The molecule has 6 heteroatoms. The molecule has 0 radical (unpaired) electrons. The number of benzene rings is 1. The van der Waals surface area contributed by atoms with Crippen molar-refractivity contribution in [2.75, 3.05) is 26.2 Å². The third-order valence-corrected chi connectivity index (χ3v) is 4.20. The predicted molar refractivity (Wildman–Crippen MR) is 82.7 cm³/mol. The summed E-state index contributed by atoms with van der Waals surface area (Å²) in [5.74, 6) is 5.38. The second kappa shape index (κ2) is 8.06. The quantitative estimate of drug-likeness (QED) is 0.622. The third kappa shape index (κ3) is 4.63. The Morgan fingerprint density at radius 2 is 2.38 bits per heavy atom. The largest absolute Gasteiger partial charge is 0.374 e. The van der Waals surface area contributed by atoms with Crippen molar-refractivity contribution < 1.29 is 9.13 Å². The van der Waals surface area contributed by atoms with Crippen LogP contribution in [0.1, 0.15) is 18.9 Å². The molecule has 3 N–H and O–H groups in total. The van der Waals surface area contributed by atoms with Crippen LogP contribution in [0.3, 0.4) is 0 Å². The zero-order valence-corrected chi connectivity index (χ0v) is 13.1. The van der Waals surface area contributed by atoms with Crippen molar-refractivity contribution in [1.82, 2.24) is 10.3 Å². The number of hydrogen-bond acceptors (Lipinski definition) is 4. The zero-order chi connectivity index (χ0) is 15.2. The summed E-state index contributed by atoms with van der Waals surface area (Å²) in [7, 11) is 0. The van der Waals surface area contributed by atoms with Gasteiger partial charge in [-0.25, -0.2) is 4.39 Å². The summed E-state index contributed by atoms with van der Waals surface area (Å²) in [6, 6.07) is 4.30. The van der Waals surface area contributed by atoms with E-state index in [-0.39, 0.29) is 18.0 Å². The van der Waals surface area contributed by atoms with Crippen molar-refractivity contribution >= 4 is 11.6 Å². The molecule has 1 heterocycles. The number of ether oxygens (including phenoxy) is 1. The Labute approximate surface area is 130 Å². The minimum absolute atomic E-state index is 0.0189. The molecular formula is C15H23ClFN3O. The van der Waals surface area contributed by atoms with Crippen LogP contribution < -0.4 is 11.3 Å². The van der Waals surface area contributed by atoms with Crippen molar-refractivity contribution in [3.05, 3.63) is 34.6 Å². The van der Waals surface area contributed by atoms with Gasteiger partial charge in [0.1, 0.15) is 5.82 Å². The van der Waals surface area contributed by atoms with Crippen LogP contribution in [0.5, 0.6) is 0 Å². The highest BCUT2D eigenvalue weighted by Gasteiger charge is 2.27. The van der Waals surface area contributed by atoms with Gasteiger partial charge in [0.15, 0.2) is 0 Å². The number of rotatable bonds is 6. The molecule has 1 aromatic carbocycles. The molecule has 1 aromatic rings. The maximum Gasteiger partial charge on any atom is 0.123 e. The lowest BCUT2D eigenvalue weighted by Crippen LogP contribution is -2.54. The van der Waals surface area contributed by atoms with Crippen molar-refractivity contribution in [1.29, 1.82) is 0 Å². The van der Waals surface area contributed by atoms with Gasteiger partial charge in [0.2, 0.25) is 0 Å². The summed E-state index contributed by atoms with van der Waals surface area (Å²) in [5, 5.41) is 0.554. The number of hydrazine groups is 1. The Morgan fingerprint density at radius 1 is 1.57 bits per heavy atom. The van der Waals surface area contributed by atoms with Gasteiger partial charge in [0, 0.05) is 18.1 Å². The highest BCUT2D eigenvalue weighted by Crippen LogP contribution is 2.21. The van der Waals surface area contributed by atoms with E-state index >= 15 is 0 Å². The monoisotopic (exact) mass is 315 g/mol. The summed E-state index contributed by atoms with van der Waals surface area (Å²) in [4.78, 5) is 2.37. The van der Waals surface area contributed by atoms with Crippen LogP contribution in [-0.2, 0) is 11.2 Å². The molecule has 0 amide bonds. The van der Waals surface area contributed by atoms with Gasteiger partial charge in [-0.2, -0.15) is 0 Å². The van der Waals surface area contributed by atoms with E-state index in [9.17, 15) is 4.39 Å². The number of hydrogen-bond donors (Lipinski definition) is 2. The van der Waals surface area contributed by atoms with E-state index in [4.69, 9.17) is 22.2 Å². The van der Waals surface area contributed by atoms with Crippen LogP contribution in [0.15, 0.2) is 18.2 Å². The van der Waals surface area contributed by atoms with E-state index in [0.29, 0.717) is 18.1 Å². The Balaban J connectivity index is 2.03. The molecule has 2 atom stereocenters. The lowest BCUT2D eigenvalue weighted by Gasteiger charge is -2.36. The van der Waals surface area contributed by atoms with Gasteiger partial charge in [0.25, 0.3) is 0 Å². The summed E-state index contributed by atoms with van der Waals surface area (Å²) in [6.07, 6.45) is 1.63. The van der Waals surface area contributed by atoms with Crippen LogP contribution in [-0.4, -0.2) is 43.3 Å². The second-order valence-corrected chi connectivity index (χ2v) is 5.83. The number of nitrogens with one attached hydrogen (secondary N) is 1. The molecule has 2 unspecified atom stereocenters. The molecule has 0 aliphatic carbocycles. The van der Waals surface area contributed by atoms with E-state index in [0.717, 1.165) is 31.6 Å². The number of halogens is 2. The van der Waals surface area contributed by atoms with Crippen molar-refractivity contribution in [3.63, 3.8) is 0 Å². The van der Waals surface area contributed by atoms with Crippen molar-refractivity contribution in [2.24, 2.45) is 5.84 Å². The van der Waals surface area contributed by atoms with Crippen LogP contribution in [0, 0.1) is 5.82 Å². The lowest BCUT2D eigenvalue weighted by molar-refractivity contribution is -0.0462. The molecule has 0 spiro atoms. The number of nitrogens with two attached hydrogens (primary N) is 1. The van der Waals surface area contributed by atoms with Crippen LogP contribution in [0.2, 0.25) is 5.02 Å². The number of nitrogens with zero attached hydrogens (tertiary/aromatic N) is 1. The molecule has 1 fully saturated rings. The molecule has 0 aromatic heterocycles. The summed E-state index contributed by atoms with van der Waals surface area (Å²) < 4.78 is 19.2. The molecule has 0 saturated carbocycles. The molecule has 0 bridgehead atoms. The van der Waals surface area contributed by atoms with Crippen LogP contribution in [0.4, 0.5) is 4.39 Å². The molecule has 1 aliphatic heterocycles. The fraction of sp³-hybridized carbons (Fsp3) is 0.600. The SMILES string of the molecule is CCCN1CCOC(C(Cc2cc(F)ccc2Cl)NN)C1. The predicted octanol–water partition coefficient (Wildman–Crippen LogP) is 1.96. The van der Waals surface area contributed by atoms with E-state index < -0.39 is 0 Å². The maximum absolute atomic E-state index is 13.4. The Bertz CT molecular complexity index is 459. The summed E-state index contributed by atoms with van der Waals surface area (Å²) in [6.45, 7) is 5.69. The summed E-state index contributed by atoms with van der Waals surface area (Å²) in [5.41, 5.74) is 3.54. The minimum Gasteiger partial charge on any atom is -0.374 e. The first-order valence-corrected chi connectivity index (χ1v) is 7.75. The van der Waals surface area contributed by atoms with E-state index in [1.165, 1.54) is 12.1 Å². The molecule has 4 nitrogen and oxygen atoms in total. The standard InChI is InChI=1S/C15H23ClFN3O/c1-2-5-20-6-7-21-15(10-20)14(19-18)9-11-8-12(17)3-4-13(11)16/h3-4,8,14-15,19H,2,5-7,9-10,18H2,1H3. The smallest absolute Gasteiger partial charge is 0.123 e. The number of morpholine rings is 1. The van der Waals surface area contributed by atoms with Gasteiger partial charge < -0.3 is 4.74 Å². The maximum atomic E-state index is 13.4. The molecule has 2 rings (SSSR count). The van der Waals surface area contributed by atoms with Gasteiger partial charge in [-0.3, -0.25) is 16.2 Å². The first-order chi connectivity index (χ1) is 10.1. The van der Waals surface area contributed by atoms with E-state index in [1.807, 2.05) is 0 Å². The zero-order valence-electron chi connectivity index (χ0n) is 12.3. The topological polar surface area (TPSA) is 50.5 Å². The highest BCUT2D eigenvalue weighted by atomic mass is 35.5. The third-order valence-electron chi connectivity index (χ3n) is 3.83. The fourth-order valence-electron chi connectivity index (χ4n) is 2.73. The Morgan fingerprint density at radius 3 is 3.10 bits per heavy atom. The first kappa shape index (κ1) is 16.6. The van der Waals surface area contributed by atoms with Gasteiger partial charge >= 0.3 is 0 Å². The molecule has 1 aliphatic rings. The molecular weight excluding hydrogens is 293 g/mol. The second-order valence-electron chi connectivity index (χ2n) is 5.42. The van der Waals surface area contributed by atoms with Gasteiger partial charge in [-0.15, -0.1) is 0 Å². The van der Waals surface area contributed by atoms with Gasteiger partial charge in [-0.1, -0.05) is 18.5 Å². The van der Waals surface area contributed by atoms with Crippen LogP contribution in [0.25, 0.3) is 0 Å². The Hall–Kier alpha value is -0.720. The lowest BCUT2D eigenvalue weighted by atomic mass is 10.00. The van der Waals surface area contributed by atoms with Gasteiger partial charge in [-0.05, 0) is 43.1 Å². The van der Waals surface area contributed by atoms with Crippen molar-refractivity contribution in [3.8, 4) is 0 Å². The highest BCUT2D eigenvalue weighted by molar-refractivity contribution is 6.31. The average molecular weight is 316 g/mol. The normalized spacial score (nSPS) is 21.4. The molecule has 118 valence electrons. The average Bonchev–Trinajstić information content (AvgIpc) is 2.49. The first-order valence-electron chi connectivity index (χ1n) is 7.38. The van der Waals surface area contributed by atoms with Crippen LogP contribution >= 0.6 is 11.6 Å². The molecule has 1 saturated heterocycles. The minimum atomic E-state index is -0.289. The molecule has 21 heavy (non-hydrogen) atoms. The summed E-state index contributed by atoms with van der Waals surface area (Å²) >= 11 is 6.13. The Kier molecular flexibility index (Phi) is 6.39. The van der Waals surface area contributed by atoms with Gasteiger partial charge in [0.05, 0.1) is 18.8 Å². The fourth-order valence-corrected chi connectivity index (χ4v) is 2.92. The van der Waals surface area contributed by atoms with E-state index in [2.05, 4.69) is 17.2 Å². The van der Waals surface area contributed by atoms with E-state index in [1.54, 1.807) is 6.07 Å². The van der Waals surface area contributed by atoms with Crippen molar-refractivity contribution in [2.45, 2.75) is 31.9 Å².